The van der Waals surface area contributed by atoms with Crippen LogP contribution in [0.3, 0.4) is 0 Å². The van der Waals surface area contributed by atoms with E-state index in [9.17, 15) is 9.59 Å². The van der Waals surface area contributed by atoms with Gasteiger partial charge in [0.25, 0.3) is 0 Å². The predicted molar refractivity (Wildman–Crippen MR) is 144 cm³/mol. The molecule has 0 heterocycles. The van der Waals surface area contributed by atoms with Crippen LogP contribution in [0.5, 0.6) is 0 Å². The molecule has 0 bridgehead atoms. The second-order valence-electron chi connectivity index (χ2n) is 11.6. The van der Waals surface area contributed by atoms with Crippen molar-refractivity contribution in [1.82, 2.24) is 5.32 Å². The summed E-state index contributed by atoms with van der Waals surface area (Å²) >= 11 is 0. The molecule has 0 aliphatic heterocycles. The third-order valence-corrected chi connectivity index (χ3v) is 7.16. The molecule has 1 N–H and O–H groups in total. The predicted octanol–water partition coefficient (Wildman–Crippen LogP) is 7.13. The minimum absolute atomic E-state index is 0.165. The second-order valence-corrected chi connectivity index (χ2v) is 11.6. The minimum atomic E-state index is -0.754. The van der Waals surface area contributed by atoms with Crippen LogP contribution in [0.2, 0.25) is 0 Å². The van der Waals surface area contributed by atoms with Gasteiger partial charge >= 0.3 is 12.1 Å². The molecule has 4 atom stereocenters. The largest absolute Gasteiger partial charge is 0.459 e. The molecule has 5 heteroatoms. The van der Waals surface area contributed by atoms with Crippen LogP contribution in [0.1, 0.15) is 78.0 Å². The van der Waals surface area contributed by atoms with Gasteiger partial charge in [0.05, 0.1) is 11.6 Å². The van der Waals surface area contributed by atoms with Crippen LogP contribution < -0.4 is 5.32 Å². The fourth-order valence-corrected chi connectivity index (χ4v) is 5.14. The zero-order valence-electron chi connectivity index (χ0n) is 22.5. The van der Waals surface area contributed by atoms with Gasteiger partial charge in [-0.3, -0.25) is 0 Å². The molecule has 1 fully saturated rings. The average Bonchev–Trinajstić information content (AvgIpc) is 2.82. The molecule has 1 amide bonds. The molecule has 2 aromatic rings. The molecule has 2 aromatic carbocycles. The van der Waals surface area contributed by atoms with Crippen molar-refractivity contribution in [1.29, 1.82) is 0 Å². The van der Waals surface area contributed by atoms with Gasteiger partial charge in [0.2, 0.25) is 0 Å². The summed E-state index contributed by atoms with van der Waals surface area (Å²) in [4.78, 5) is 26.1. The second kappa shape index (κ2) is 11.3. The van der Waals surface area contributed by atoms with Crippen LogP contribution >= 0.6 is 0 Å². The molecule has 36 heavy (non-hydrogen) atoms. The van der Waals surface area contributed by atoms with Crippen molar-refractivity contribution < 1.29 is 19.1 Å². The summed E-state index contributed by atoms with van der Waals surface area (Å²) < 4.78 is 11.6. The van der Waals surface area contributed by atoms with E-state index in [0.29, 0.717) is 5.92 Å². The monoisotopic (exact) mass is 491 g/mol. The normalized spacial score (nSPS) is 21.2. The summed E-state index contributed by atoms with van der Waals surface area (Å²) in [6, 6.07) is 19.0. The Hall–Kier alpha value is -3.08. The lowest BCUT2D eigenvalue weighted by atomic mass is 9.64. The van der Waals surface area contributed by atoms with E-state index in [1.54, 1.807) is 20.8 Å². The van der Waals surface area contributed by atoms with Gasteiger partial charge in [-0.25, -0.2) is 9.59 Å². The third-order valence-electron chi connectivity index (χ3n) is 7.16. The summed E-state index contributed by atoms with van der Waals surface area (Å²) in [6.07, 6.45) is 2.02. The van der Waals surface area contributed by atoms with Crippen LogP contribution in [-0.4, -0.2) is 23.8 Å². The highest BCUT2D eigenvalue weighted by molar-refractivity contribution is 5.90. The number of hydrogen-bond donors (Lipinski definition) is 1. The van der Waals surface area contributed by atoms with Crippen molar-refractivity contribution in [3.8, 4) is 0 Å². The lowest BCUT2D eigenvalue weighted by Crippen LogP contribution is -2.44. The van der Waals surface area contributed by atoms with Gasteiger partial charge in [-0.1, -0.05) is 94.4 Å². The van der Waals surface area contributed by atoms with E-state index in [2.05, 4.69) is 56.9 Å². The molecule has 194 valence electrons. The molecule has 1 aliphatic rings. The standard InChI is InChI=1S/C31H41NO4/c1-21-18-19-25(31(6,7)24-16-12-9-13-17-24)26(20-21)35-28(33)22(2)27(23-14-10-8-11-15-23)32-29(34)36-30(3,4)5/h8-17,21,25-27H,2,18-20H2,1,3-7H3,(H,32,34)/t21-,25-,26-,27?/m1/s1. The quantitative estimate of drug-likeness (QED) is 0.330. The average molecular weight is 492 g/mol. The van der Waals surface area contributed by atoms with Crippen LogP contribution in [-0.2, 0) is 19.7 Å². The Kier molecular flexibility index (Phi) is 8.65. The van der Waals surface area contributed by atoms with E-state index in [4.69, 9.17) is 9.47 Å². The first-order valence-corrected chi connectivity index (χ1v) is 12.9. The molecule has 1 saturated carbocycles. The molecule has 3 rings (SSSR count). The van der Waals surface area contributed by atoms with Gasteiger partial charge in [0.15, 0.2) is 0 Å². The zero-order valence-corrected chi connectivity index (χ0v) is 22.5. The van der Waals surface area contributed by atoms with Gasteiger partial charge in [0, 0.05) is 5.92 Å². The highest BCUT2D eigenvalue weighted by Crippen LogP contribution is 2.44. The first kappa shape index (κ1) is 27.5. The lowest BCUT2D eigenvalue weighted by Gasteiger charge is -2.44. The maximum absolute atomic E-state index is 13.5. The summed E-state index contributed by atoms with van der Waals surface area (Å²) in [5.74, 6) is 0.137. The fourth-order valence-electron chi connectivity index (χ4n) is 5.14. The number of rotatable bonds is 7. The maximum atomic E-state index is 13.5. The lowest BCUT2D eigenvalue weighted by molar-refractivity contribution is -0.152. The molecule has 0 spiro atoms. The maximum Gasteiger partial charge on any atom is 0.408 e. The van der Waals surface area contributed by atoms with Gasteiger partial charge in [-0.2, -0.15) is 0 Å². The van der Waals surface area contributed by atoms with Crippen LogP contribution in [0.25, 0.3) is 0 Å². The fraction of sp³-hybridized carbons (Fsp3) is 0.484. The van der Waals surface area contributed by atoms with Crippen molar-refractivity contribution in [3.63, 3.8) is 0 Å². The SMILES string of the molecule is C=C(C(=O)O[C@@H]1C[C@H](C)CC[C@H]1C(C)(C)c1ccccc1)C(NC(=O)OC(C)(C)C)c1ccccc1. The van der Waals surface area contributed by atoms with Gasteiger partial charge in [-0.05, 0) is 56.1 Å². The number of amides is 1. The summed E-state index contributed by atoms with van der Waals surface area (Å²) in [5.41, 5.74) is 1.33. The molecule has 1 aliphatic carbocycles. The van der Waals surface area contributed by atoms with Crippen molar-refractivity contribution in [2.75, 3.05) is 0 Å². The van der Waals surface area contributed by atoms with Crippen LogP contribution in [0.15, 0.2) is 72.8 Å². The number of alkyl carbamates (subject to hydrolysis) is 1. The topological polar surface area (TPSA) is 64.6 Å². The number of carbonyl (C=O) groups excluding carboxylic acids is 2. The first-order chi connectivity index (χ1) is 16.9. The van der Waals surface area contributed by atoms with Crippen molar-refractivity contribution >= 4 is 12.1 Å². The molecule has 1 unspecified atom stereocenters. The number of nitrogens with one attached hydrogen (secondary N) is 1. The molecule has 0 aromatic heterocycles. The van der Waals surface area contributed by atoms with E-state index in [1.807, 2.05) is 36.4 Å². The minimum Gasteiger partial charge on any atom is -0.459 e. The Balaban J connectivity index is 1.82. The summed E-state index contributed by atoms with van der Waals surface area (Å²) in [7, 11) is 0. The smallest absolute Gasteiger partial charge is 0.408 e. The number of esters is 1. The van der Waals surface area contributed by atoms with Gasteiger partial charge < -0.3 is 14.8 Å². The highest BCUT2D eigenvalue weighted by atomic mass is 16.6. The zero-order chi connectivity index (χ0) is 26.5. The molecular weight excluding hydrogens is 450 g/mol. The van der Waals surface area contributed by atoms with E-state index >= 15 is 0 Å². The third kappa shape index (κ3) is 6.99. The van der Waals surface area contributed by atoms with Crippen molar-refractivity contribution in [2.24, 2.45) is 11.8 Å². The molecule has 0 radical (unpaired) electrons. The molecular formula is C31H41NO4. The highest BCUT2D eigenvalue weighted by Gasteiger charge is 2.42. The van der Waals surface area contributed by atoms with E-state index in [-0.39, 0.29) is 23.0 Å². The Morgan fingerprint density at radius 3 is 2.11 bits per heavy atom. The summed E-state index contributed by atoms with van der Waals surface area (Å²) in [5, 5.41) is 2.82. The van der Waals surface area contributed by atoms with Crippen LogP contribution in [0.4, 0.5) is 4.79 Å². The molecule has 5 nitrogen and oxygen atoms in total. The van der Waals surface area contributed by atoms with Crippen molar-refractivity contribution in [3.05, 3.63) is 83.9 Å². The summed E-state index contributed by atoms with van der Waals surface area (Å²) in [6.45, 7) is 16.1. The Morgan fingerprint density at radius 1 is 0.944 bits per heavy atom. The van der Waals surface area contributed by atoms with Crippen LogP contribution in [0, 0.1) is 11.8 Å². The Morgan fingerprint density at radius 2 is 1.53 bits per heavy atom. The Labute approximate surface area is 216 Å². The number of benzene rings is 2. The Bertz CT molecular complexity index is 1040. The number of hydrogen-bond acceptors (Lipinski definition) is 4. The van der Waals surface area contributed by atoms with E-state index < -0.39 is 23.7 Å². The van der Waals surface area contributed by atoms with Crippen molar-refractivity contribution in [2.45, 2.75) is 84.0 Å². The van der Waals surface area contributed by atoms with Gasteiger partial charge in [-0.15, -0.1) is 0 Å². The van der Waals surface area contributed by atoms with E-state index in [0.717, 1.165) is 24.8 Å². The number of ether oxygens (including phenoxy) is 2. The number of carbonyl (C=O) groups is 2. The van der Waals surface area contributed by atoms with Gasteiger partial charge in [0.1, 0.15) is 11.7 Å². The molecule has 0 saturated heterocycles. The van der Waals surface area contributed by atoms with E-state index in [1.165, 1.54) is 5.56 Å². The first-order valence-electron chi connectivity index (χ1n) is 12.9.